The van der Waals surface area contributed by atoms with Crippen molar-refractivity contribution >= 4 is 6.09 Å². The van der Waals surface area contributed by atoms with E-state index in [-0.39, 0.29) is 18.1 Å². The van der Waals surface area contributed by atoms with Crippen LogP contribution in [-0.4, -0.2) is 30.1 Å². The fraction of sp³-hybridized carbons (Fsp3) is 0.562. The van der Waals surface area contributed by atoms with Crippen LogP contribution in [0.15, 0.2) is 35.5 Å². The van der Waals surface area contributed by atoms with Crippen LogP contribution in [0.5, 0.6) is 0 Å². The summed E-state index contributed by atoms with van der Waals surface area (Å²) in [5.41, 5.74) is 0.979. The second kappa shape index (κ2) is 6.24. The number of amides is 1. The number of ether oxygens (including phenoxy) is 1. The first-order chi connectivity index (χ1) is 10.3. The molecule has 0 radical (unpaired) electrons. The average molecular weight is 288 g/mol. The molecule has 1 heterocycles. The van der Waals surface area contributed by atoms with Crippen LogP contribution in [-0.2, 0) is 11.3 Å². The standard InChI is InChI=1S/C16H20N2O3/c19-16(21-11-12-4-2-1-3-5-12)18-9-8-14(10-18)15(17-20)13-6-7-13/h1-5,13-15H,6-11H2. The van der Waals surface area contributed by atoms with E-state index in [1.807, 2.05) is 30.3 Å². The van der Waals surface area contributed by atoms with Gasteiger partial charge in [0.05, 0.1) is 6.04 Å². The summed E-state index contributed by atoms with van der Waals surface area (Å²) >= 11 is 0. The molecule has 1 aromatic rings. The van der Waals surface area contributed by atoms with Gasteiger partial charge in [0.1, 0.15) is 6.61 Å². The van der Waals surface area contributed by atoms with Gasteiger partial charge >= 0.3 is 6.09 Å². The van der Waals surface area contributed by atoms with Crippen LogP contribution in [0.3, 0.4) is 0 Å². The lowest BCUT2D eigenvalue weighted by Gasteiger charge is -2.18. The zero-order valence-electron chi connectivity index (χ0n) is 12.0. The van der Waals surface area contributed by atoms with E-state index in [1.165, 1.54) is 0 Å². The molecule has 1 saturated heterocycles. The number of carbonyl (C=O) groups excluding carboxylic acids is 1. The summed E-state index contributed by atoms with van der Waals surface area (Å²) in [6.45, 7) is 1.55. The Kier molecular flexibility index (Phi) is 4.18. The quantitative estimate of drug-likeness (QED) is 0.782. The van der Waals surface area contributed by atoms with Crippen LogP contribution in [0, 0.1) is 16.7 Å². The van der Waals surface area contributed by atoms with Gasteiger partial charge in [-0.2, -0.15) is 4.91 Å². The molecule has 0 bridgehead atoms. The first-order valence-corrected chi connectivity index (χ1v) is 7.56. The van der Waals surface area contributed by atoms with Gasteiger partial charge in [-0.05, 0) is 30.7 Å². The predicted octanol–water partition coefficient (Wildman–Crippen LogP) is 3.19. The summed E-state index contributed by atoms with van der Waals surface area (Å²) in [4.78, 5) is 24.7. The molecule has 0 N–H and O–H groups in total. The molecule has 2 atom stereocenters. The third-order valence-electron chi connectivity index (χ3n) is 4.40. The molecule has 0 spiro atoms. The first kappa shape index (κ1) is 14.0. The maximum atomic E-state index is 12.1. The SMILES string of the molecule is O=NC(C1CC1)C1CCN(C(=O)OCc2ccccc2)C1. The van der Waals surface area contributed by atoms with E-state index in [2.05, 4.69) is 5.18 Å². The lowest BCUT2D eigenvalue weighted by atomic mass is 9.96. The predicted molar refractivity (Wildman–Crippen MR) is 78.6 cm³/mol. The highest BCUT2D eigenvalue weighted by molar-refractivity contribution is 5.68. The molecule has 2 aliphatic rings. The fourth-order valence-electron chi connectivity index (χ4n) is 3.04. The molecule has 3 rings (SSSR count). The number of hydrogen-bond acceptors (Lipinski definition) is 4. The lowest BCUT2D eigenvalue weighted by Crippen LogP contribution is -2.31. The van der Waals surface area contributed by atoms with Crippen LogP contribution in [0.4, 0.5) is 4.79 Å². The van der Waals surface area contributed by atoms with Crippen LogP contribution in [0.25, 0.3) is 0 Å². The van der Waals surface area contributed by atoms with Crippen LogP contribution in [0.2, 0.25) is 0 Å². The molecular formula is C16H20N2O3. The molecule has 1 saturated carbocycles. The zero-order valence-corrected chi connectivity index (χ0v) is 12.0. The van der Waals surface area contributed by atoms with Crippen molar-refractivity contribution < 1.29 is 9.53 Å². The maximum absolute atomic E-state index is 12.1. The topological polar surface area (TPSA) is 59.0 Å². The molecule has 1 aliphatic heterocycles. The number of benzene rings is 1. The van der Waals surface area contributed by atoms with Crippen molar-refractivity contribution in [3.8, 4) is 0 Å². The van der Waals surface area contributed by atoms with E-state index in [0.29, 0.717) is 25.6 Å². The highest BCUT2D eigenvalue weighted by Crippen LogP contribution is 2.40. The fourth-order valence-corrected chi connectivity index (χ4v) is 3.04. The van der Waals surface area contributed by atoms with Crippen molar-refractivity contribution in [2.75, 3.05) is 13.1 Å². The molecule has 5 heteroatoms. The highest BCUT2D eigenvalue weighted by atomic mass is 16.6. The van der Waals surface area contributed by atoms with Gasteiger partial charge in [-0.1, -0.05) is 35.5 Å². The minimum atomic E-state index is -0.290. The van der Waals surface area contributed by atoms with Crippen LogP contribution in [0.1, 0.15) is 24.8 Å². The Bertz CT molecular complexity index is 502. The Morgan fingerprint density at radius 2 is 2.00 bits per heavy atom. The van der Waals surface area contributed by atoms with Gasteiger partial charge in [-0.3, -0.25) is 0 Å². The maximum Gasteiger partial charge on any atom is 0.410 e. The number of carbonyl (C=O) groups is 1. The Labute approximate surface area is 124 Å². The molecule has 2 unspecified atom stereocenters. The van der Waals surface area contributed by atoms with E-state index < -0.39 is 0 Å². The van der Waals surface area contributed by atoms with E-state index >= 15 is 0 Å². The second-order valence-electron chi connectivity index (χ2n) is 5.97. The lowest BCUT2D eigenvalue weighted by molar-refractivity contribution is 0.102. The van der Waals surface area contributed by atoms with Crippen LogP contribution >= 0.6 is 0 Å². The van der Waals surface area contributed by atoms with Crippen molar-refractivity contribution in [1.82, 2.24) is 4.90 Å². The van der Waals surface area contributed by atoms with Gasteiger partial charge < -0.3 is 9.64 Å². The zero-order chi connectivity index (χ0) is 14.7. The van der Waals surface area contributed by atoms with Gasteiger partial charge in [-0.25, -0.2) is 4.79 Å². The third-order valence-corrected chi connectivity index (χ3v) is 4.40. The van der Waals surface area contributed by atoms with Crippen LogP contribution < -0.4 is 0 Å². The highest BCUT2D eigenvalue weighted by Gasteiger charge is 2.41. The summed E-state index contributed by atoms with van der Waals surface area (Å²) in [5.74, 6) is 0.659. The molecule has 1 aliphatic carbocycles. The number of nitroso groups, excluding NO2 is 1. The number of likely N-dealkylation sites (tertiary alicyclic amines) is 1. The number of rotatable bonds is 5. The largest absolute Gasteiger partial charge is 0.445 e. The van der Waals surface area contributed by atoms with Gasteiger partial charge in [0.2, 0.25) is 0 Å². The Morgan fingerprint density at radius 3 is 2.67 bits per heavy atom. The molecule has 21 heavy (non-hydrogen) atoms. The normalized spacial score (nSPS) is 22.9. The molecule has 1 aromatic carbocycles. The number of nitrogens with zero attached hydrogens (tertiary/aromatic N) is 2. The summed E-state index contributed by atoms with van der Waals surface area (Å²) in [6.07, 6.45) is 2.77. The molecule has 5 nitrogen and oxygen atoms in total. The summed E-state index contributed by atoms with van der Waals surface area (Å²) in [5, 5.41) is 3.29. The van der Waals surface area contributed by atoms with Crippen molar-refractivity contribution in [1.29, 1.82) is 0 Å². The van der Waals surface area contributed by atoms with Gasteiger partial charge in [0.15, 0.2) is 0 Å². The third kappa shape index (κ3) is 3.40. The van der Waals surface area contributed by atoms with E-state index in [0.717, 1.165) is 24.8 Å². The average Bonchev–Trinajstić information content (AvgIpc) is 3.23. The number of hydrogen-bond donors (Lipinski definition) is 0. The summed E-state index contributed by atoms with van der Waals surface area (Å²) in [7, 11) is 0. The summed E-state index contributed by atoms with van der Waals surface area (Å²) < 4.78 is 5.33. The molecule has 1 amide bonds. The smallest absolute Gasteiger partial charge is 0.410 e. The minimum absolute atomic E-state index is 0.114. The van der Waals surface area contributed by atoms with E-state index in [9.17, 15) is 9.70 Å². The molecule has 112 valence electrons. The first-order valence-electron chi connectivity index (χ1n) is 7.56. The Morgan fingerprint density at radius 1 is 1.24 bits per heavy atom. The van der Waals surface area contributed by atoms with Gasteiger partial charge in [-0.15, -0.1) is 0 Å². The molecule has 0 aromatic heterocycles. The van der Waals surface area contributed by atoms with E-state index in [1.54, 1.807) is 4.90 Å². The van der Waals surface area contributed by atoms with Crippen molar-refractivity contribution in [3.63, 3.8) is 0 Å². The van der Waals surface area contributed by atoms with Gasteiger partial charge in [0.25, 0.3) is 0 Å². The Balaban J connectivity index is 1.49. The second-order valence-corrected chi connectivity index (χ2v) is 5.97. The summed E-state index contributed by atoms with van der Waals surface area (Å²) in [6, 6.07) is 9.52. The molecular weight excluding hydrogens is 268 g/mol. The van der Waals surface area contributed by atoms with E-state index in [4.69, 9.17) is 4.74 Å². The monoisotopic (exact) mass is 288 g/mol. The van der Waals surface area contributed by atoms with Crippen molar-refractivity contribution in [2.24, 2.45) is 17.0 Å². The minimum Gasteiger partial charge on any atom is -0.445 e. The van der Waals surface area contributed by atoms with Crippen molar-refractivity contribution in [3.05, 3.63) is 40.8 Å². The van der Waals surface area contributed by atoms with Crippen molar-refractivity contribution in [2.45, 2.75) is 31.9 Å². The molecule has 2 fully saturated rings. The van der Waals surface area contributed by atoms with Gasteiger partial charge in [0, 0.05) is 19.0 Å². The Hall–Kier alpha value is -1.91.